The van der Waals surface area contributed by atoms with Crippen molar-refractivity contribution in [2.24, 2.45) is 0 Å². The maximum Gasteiger partial charge on any atom is 0.240 e. The van der Waals surface area contributed by atoms with E-state index in [0.29, 0.717) is 13.1 Å². The van der Waals surface area contributed by atoms with E-state index in [1.54, 1.807) is 24.3 Å². The standard InChI is InChI=1S/C13H16N4O/c1-16-7-8-17(12(4-5-14)13(16)18)10-11-3-2-6-15-9-11/h2-3,6,9,12H,4,7-8,10H2,1H3. The van der Waals surface area contributed by atoms with Gasteiger partial charge in [0.25, 0.3) is 0 Å². The zero-order valence-corrected chi connectivity index (χ0v) is 10.4. The highest BCUT2D eigenvalue weighted by molar-refractivity contribution is 5.82. The molecule has 0 aromatic carbocycles. The van der Waals surface area contributed by atoms with Gasteiger partial charge in [0.2, 0.25) is 5.91 Å². The minimum Gasteiger partial charge on any atom is -0.343 e. The zero-order chi connectivity index (χ0) is 13.0. The van der Waals surface area contributed by atoms with E-state index in [9.17, 15) is 4.79 Å². The van der Waals surface area contributed by atoms with Crippen LogP contribution in [0.2, 0.25) is 0 Å². The normalized spacial score (nSPS) is 20.8. The van der Waals surface area contributed by atoms with Gasteiger partial charge in [-0.1, -0.05) is 6.07 Å². The van der Waals surface area contributed by atoms with Gasteiger partial charge in [-0.2, -0.15) is 5.26 Å². The summed E-state index contributed by atoms with van der Waals surface area (Å²) in [7, 11) is 1.79. The van der Waals surface area contributed by atoms with Crippen molar-refractivity contribution in [3.8, 4) is 6.07 Å². The number of likely N-dealkylation sites (N-methyl/N-ethyl adjacent to an activating group) is 1. The predicted octanol–water partition coefficient (Wildman–Crippen LogP) is 0.638. The number of pyridine rings is 1. The fourth-order valence-electron chi connectivity index (χ4n) is 2.17. The van der Waals surface area contributed by atoms with Crippen LogP contribution < -0.4 is 0 Å². The molecule has 5 nitrogen and oxygen atoms in total. The van der Waals surface area contributed by atoms with E-state index in [-0.39, 0.29) is 18.4 Å². The van der Waals surface area contributed by atoms with Gasteiger partial charge in [0.05, 0.1) is 12.5 Å². The van der Waals surface area contributed by atoms with Gasteiger partial charge in [-0.3, -0.25) is 14.7 Å². The van der Waals surface area contributed by atoms with Crippen LogP contribution in [0.1, 0.15) is 12.0 Å². The van der Waals surface area contributed by atoms with Crippen LogP contribution in [0.5, 0.6) is 0 Å². The second-order valence-corrected chi connectivity index (χ2v) is 4.47. The first kappa shape index (κ1) is 12.5. The van der Waals surface area contributed by atoms with Crippen LogP contribution in [-0.2, 0) is 11.3 Å². The lowest BCUT2D eigenvalue weighted by Crippen LogP contribution is -2.55. The summed E-state index contributed by atoms with van der Waals surface area (Å²) in [5, 5.41) is 8.85. The highest BCUT2D eigenvalue weighted by Crippen LogP contribution is 2.16. The third-order valence-electron chi connectivity index (χ3n) is 3.22. The smallest absolute Gasteiger partial charge is 0.240 e. The molecule has 1 aliphatic heterocycles. The van der Waals surface area contributed by atoms with Crippen LogP contribution in [0.25, 0.3) is 0 Å². The molecule has 2 rings (SSSR count). The molecule has 1 aliphatic rings. The third-order valence-corrected chi connectivity index (χ3v) is 3.22. The monoisotopic (exact) mass is 244 g/mol. The number of amides is 1. The van der Waals surface area contributed by atoms with Crippen LogP contribution in [0.3, 0.4) is 0 Å². The van der Waals surface area contributed by atoms with Crippen LogP contribution in [0.4, 0.5) is 0 Å². The largest absolute Gasteiger partial charge is 0.343 e. The molecule has 1 atom stereocenters. The topological polar surface area (TPSA) is 60.2 Å². The number of aromatic nitrogens is 1. The van der Waals surface area contributed by atoms with Crippen LogP contribution >= 0.6 is 0 Å². The summed E-state index contributed by atoms with van der Waals surface area (Å²) in [6.45, 7) is 2.17. The number of nitriles is 1. The van der Waals surface area contributed by atoms with Gasteiger partial charge in [0.1, 0.15) is 6.04 Å². The molecular weight excluding hydrogens is 228 g/mol. The summed E-state index contributed by atoms with van der Waals surface area (Å²) in [4.78, 5) is 19.9. The number of nitrogens with zero attached hydrogens (tertiary/aromatic N) is 4. The van der Waals surface area contributed by atoms with Gasteiger partial charge in [-0.05, 0) is 11.6 Å². The second kappa shape index (κ2) is 5.61. The van der Waals surface area contributed by atoms with E-state index < -0.39 is 0 Å². The number of carbonyl (C=O) groups is 1. The number of hydrogen-bond acceptors (Lipinski definition) is 4. The van der Waals surface area contributed by atoms with Crippen molar-refractivity contribution in [1.82, 2.24) is 14.8 Å². The van der Waals surface area contributed by atoms with Crippen molar-refractivity contribution in [2.45, 2.75) is 19.0 Å². The Morgan fingerprint density at radius 2 is 2.39 bits per heavy atom. The molecule has 94 valence electrons. The first-order valence-corrected chi connectivity index (χ1v) is 5.97. The number of hydrogen-bond donors (Lipinski definition) is 0. The predicted molar refractivity (Wildman–Crippen MR) is 66.3 cm³/mol. The molecule has 0 saturated carbocycles. The van der Waals surface area contributed by atoms with Crippen LogP contribution in [-0.4, -0.2) is 46.9 Å². The fourth-order valence-corrected chi connectivity index (χ4v) is 2.17. The Balaban J connectivity index is 2.11. The van der Waals surface area contributed by atoms with Gasteiger partial charge >= 0.3 is 0 Å². The molecule has 18 heavy (non-hydrogen) atoms. The van der Waals surface area contributed by atoms with E-state index in [1.807, 2.05) is 12.1 Å². The lowest BCUT2D eigenvalue weighted by Gasteiger charge is -2.38. The Kier molecular flexibility index (Phi) is 3.90. The maximum atomic E-state index is 12.0. The molecule has 1 fully saturated rings. The number of carbonyl (C=O) groups excluding carboxylic acids is 1. The van der Waals surface area contributed by atoms with Gasteiger partial charge in [0, 0.05) is 39.1 Å². The highest BCUT2D eigenvalue weighted by Gasteiger charge is 2.32. The SMILES string of the molecule is CN1CCN(Cc2cccnc2)C(CC#N)C1=O. The quantitative estimate of drug-likeness (QED) is 0.782. The molecule has 1 saturated heterocycles. The average molecular weight is 244 g/mol. The van der Waals surface area contributed by atoms with Gasteiger partial charge in [-0.25, -0.2) is 0 Å². The van der Waals surface area contributed by atoms with E-state index in [2.05, 4.69) is 16.0 Å². The molecule has 1 aromatic rings. The van der Waals surface area contributed by atoms with Crippen LogP contribution in [0.15, 0.2) is 24.5 Å². The highest BCUT2D eigenvalue weighted by atomic mass is 16.2. The summed E-state index contributed by atoms with van der Waals surface area (Å²) in [5.41, 5.74) is 1.07. The molecule has 0 bridgehead atoms. The molecule has 0 N–H and O–H groups in total. The van der Waals surface area contributed by atoms with Crippen molar-refractivity contribution in [3.05, 3.63) is 30.1 Å². The number of piperazine rings is 1. The minimum atomic E-state index is -0.325. The summed E-state index contributed by atoms with van der Waals surface area (Å²) >= 11 is 0. The average Bonchev–Trinajstić information content (AvgIpc) is 2.39. The van der Waals surface area contributed by atoms with Crippen molar-refractivity contribution < 1.29 is 4.79 Å². The first-order chi connectivity index (χ1) is 8.72. The van der Waals surface area contributed by atoms with Gasteiger partial charge in [-0.15, -0.1) is 0 Å². The van der Waals surface area contributed by atoms with Gasteiger partial charge < -0.3 is 4.90 Å². The van der Waals surface area contributed by atoms with E-state index >= 15 is 0 Å². The Morgan fingerprint density at radius 1 is 1.56 bits per heavy atom. The van der Waals surface area contributed by atoms with Crippen molar-refractivity contribution >= 4 is 5.91 Å². The van der Waals surface area contributed by atoms with Crippen molar-refractivity contribution in [1.29, 1.82) is 5.26 Å². The molecule has 1 aromatic heterocycles. The second-order valence-electron chi connectivity index (χ2n) is 4.47. The molecular formula is C13H16N4O. The van der Waals surface area contributed by atoms with E-state index in [4.69, 9.17) is 5.26 Å². The lowest BCUT2D eigenvalue weighted by molar-refractivity contribution is -0.140. The zero-order valence-electron chi connectivity index (χ0n) is 10.4. The minimum absolute atomic E-state index is 0.0340. The number of rotatable bonds is 3. The Labute approximate surface area is 107 Å². The Morgan fingerprint density at radius 3 is 3.06 bits per heavy atom. The third kappa shape index (κ3) is 2.66. The summed E-state index contributed by atoms with van der Waals surface area (Å²) in [5.74, 6) is 0.0340. The lowest BCUT2D eigenvalue weighted by atomic mass is 10.1. The molecule has 5 heteroatoms. The van der Waals surface area contributed by atoms with Crippen molar-refractivity contribution in [2.75, 3.05) is 20.1 Å². The molecule has 1 amide bonds. The summed E-state index contributed by atoms with van der Waals surface area (Å²) in [6, 6.07) is 5.64. The summed E-state index contributed by atoms with van der Waals surface area (Å²) < 4.78 is 0. The molecule has 0 radical (unpaired) electrons. The first-order valence-electron chi connectivity index (χ1n) is 5.97. The fraction of sp³-hybridized carbons (Fsp3) is 0.462. The molecule has 2 heterocycles. The molecule has 0 aliphatic carbocycles. The molecule has 0 spiro atoms. The van der Waals surface area contributed by atoms with Gasteiger partial charge in [0.15, 0.2) is 0 Å². The van der Waals surface area contributed by atoms with E-state index in [1.165, 1.54) is 0 Å². The van der Waals surface area contributed by atoms with E-state index in [0.717, 1.165) is 12.1 Å². The maximum absolute atomic E-state index is 12.0. The molecule has 1 unspecified atom stereocenters. The Hall–Kier alpha value is -1.93. The van der Waals surface area contributed by atoms with Crippen LogP contribution in [0, 0.1) is 11.3 Å². The summed E-state index contributed by atoms with van der Waals surface area (Å²) in [6.07, 6.45) is 3.76. The Bertz CT molecular complexity index is 454. The van der Waals surface area contributed by atoms with Crippen molar-refractivity contribution in [3.63, 3.8) is 0 Å².